The maximum Gasteiger partial charge on any atom is 0.420 e. The molecule has 0 aliphatic carbocycles. The molecular formula is C15H9Cl3N2O3. The van der Waals surface area contributed by atoms with Crippen molar-refractivity contribution in [3.05, 3.63) is 62.0 Å². The van der Waals surface area contributed by atoms with Crippen molar-refractivity contribution in [3.8, 4) is 0 Å². The Balaban J connectivity index is 1.89. The number of hydrogen-bond donors (Lipinski definition) is 1. The van der Waals surface area contributed by atoms with Gasteiger partial charge in [-0.3, -0.25) is 9.36 Å². The molecule has 1 amide bonds. The van der Waals surface area contributed by atoms with Gasteiger partial charge in [0.15, 0.2) is 5.58 Å². The van der Waals surface area contributed by atoms with Gasteiger partial charge in [0.05, 0.1) is 21.2 Å². The fourth-order valence-electron chi connectivity index (χ4n) is 2.13. The zero-order chi connectivity index (χ0) is 16.6. The van der Waals surface area contributed by atoms with E-state index in [1.807, 2.05) is 0 Å². The number of oxazole rings is 1. The number of fused-ring (bicyclic) bond motifs is 1. The number of halogens is 3. The molecule has 3 rings (SSSR count). The third kappa shape index (κ3) is 3.22. The first-order valence-corrected chi connectivity index (χ1v) is 7.62. The van der Waals surface area contributed by atoms with Gasteiger partial charge in [-0.05, 0) is 24.3 Å². The lowest BCUT2D eigenvalue weighted by atomic mass is 10.3. The highest BCUT2D eigenvalue weighted by atomic mass is 35.5. The summed E-state index contributed by atoms with van der Waals surface area (Å²) in [7, 11) is 0. The molecule has 2 aromatic carbocycles. The molecular weight excluding hydrogens is 363 g/mol. The molecule has 1 N–H and O–H groups in total. The van der Waals surface area contributed by atoms with Crippen LogP contribution in [0.4, 0.5) is 5.69 Å². The smallest absolute Gasteiger partial charge is 0.408 e. The molecule has 0 radical (unpaired) electrons. The molecule has 23 heavy (non-hydrogen) atoms. The third-order valence-electron chi connectivity index (χ3n) is 3.16. The van der Waals surface area contributed by atoms with Crippen molar-refractivity contribution in [2.24, 2.45) is 0 Å². The lowest BCUT2D eigenvalue weighted by molar-refractivity contribution is -0.116. The van der Waals surface area contributed by atoms with Gasteiger partial charge in [-0.2, -0.15) is 0 Å². The summed E-state index contributed by atoms with van der Waals surface area (Å²) in [6.45, 7) is -0.241. The standard InChI is InChI=1S/C15H9Cl3N2O3/c16-8-4-5-11-12(6-8)23-15(22)20(11)7-13(21)19-14-9(17)2-1-3-10(14)18/h1-6H,7H2,(H,19,21). The second kappa shape index (κ2) is 6.28. The Morgan fingerprint density at radius 1 is 1.13 bits per heavy atom. The number of aromatic nitrogens is 1. The molecule has 1 aromatic heterocycles. The summed E-state index contributed by atoms with van der Waals surface area (Å²) in [6.07, 6.45) is 0. The van der Waals surface area contributed by atoms with Crippen molar-refractivity contribution in [3.63, 3.8) is 0 Å². The second-order valence-electron chi connectivity index (χ2n) is 4.71. The molecule has 0 saturated heterocycles. The average molecular weight is 372 g/mol. The van der Waals surface area contributed by atoms with Gasteiger partial charge in [-0.25, -0.2) is 4.79 Å². The van der Waals surface area contributed by atoms with E-state index in [1.54, 1.807) is 30.3 Å². The van der Waals surface area contributed by atoms with Crippen LogP contribution in [0.1, 0.15) is 0 Å². The Morgan fingerprint density at radius 2 is 1.83 bits per heavy atom. The van der Waals surface area contributed by atoms with Crippen LogP contribution in [0.3, 0.4) is 0 Å². The number of nitrogens with zero attached hydrogens (tertiary/aromatic N) is 1. The molecule has 0 aliphatic rings. The van der Waals surface area contributed by atoms with Gasteiger partial charge in [0.1, 0.15) is 6.54 Å². The molecule has 5 nitrogen and oxygen atoms in total. The molecule has 1 heterocycles. The number of hydrogen-bond acceptors (Lipinski definition) is 3. The van der Waals surface area contributed by atoms with E-state index < -0.39 is 11.7 Å². The largest absolute Gasteiger partial charge is 0.420 e. The summed E-state index contributed by atoms with van der Waals surface area (Å²) in [5.41, 5.74) is 1.08. The van der Waals surface area contributed by atoms with E-state index in [9.17, 15) is 9.59 Å². The first-order valence-electron chi connectivity index (χ1n) is 6.48. The fraction of sp³-hybridized carbons (Fsp3) is 0.0667. The van der Waals surface area contributed by atoms with Gasteiger partial charge in [-0.1, -0.05) is 40.9 Å². The minimum Gasteiger partial charge on any atom is -0.408 e. The predicted octanol–water partition coefficient (Wildman–Crippen LogP) is 4.19. The number of amides is 1. The lowest BCUT2D eigenvalue weighted by Gasteiger charge is -2.09. The maximum atomic E-state index is 12.2. The summed E-state index contributed by atoms with van der Waals surface area (Å²) in [4.78, 5) is 24.1. The summed E-state index contributed by atoms with van der Waals surface area (Å²) >= 11 is 17.8. The maximum absolute atomic E-state index is 12.2. The summed E-state index contributed by atoms with van der Waals surface area (Å²) in [5.74, 6) is -1.11. The Kier molecular flexibility index (Phi) is 4.35. The normalized spacial score (nSPS) is 10.9. The zero-order valence-electron chi connectivity index (χ0n) is 11.5. The number of carbonyl (C=O) groups excluding carboxylic acids is 1. The molecule has 8 heteroatoms. The fourth-order valence-corrected chi connectivity index (χ4v) is 2.78. The van der Waals surface area contributed by atoms with Crippen LogP contribution in [0.25, 0.3) is 11.1 Å². The topological polar surface area (TPSA) is 64.2 Å². The van der Waals surface area contributed by atoms with Crippen LogP contribution in [0.15, 0.2) is 45.6 Å². The third-order valence-corrected chi connectivity index (χ3v) is 4.02. The predicted molar refractivity (Wildman–Crippen MR) is 90.6 cm³/mol. The lowest BCUT2D eigenvalue weighted by Crippen LogP contribution is -2.25. The van der Waals surface area contributed by atoms with Crippen LogP contribution in [0.5, 0.6) is 0 Å². The van der Waals surface area contributed by atoms with Crippen molar-refractivity contribution in [1.29, 1.82) is 0 Å². The van der Waals surface area contributed by atoms with Gasteiger partial charge >= 0.3 is 5.76 Å². The van der Waals surface area contributed by atoms with E-state index in [0.717, 1.165) is 0 Å². The van der Waals surface area contributed by atoms with E-state index in [-0.39, 0.29) is 6.54 Å². The number of nitrogens with one attached hydrogen (secondary N) is 1. The molecule has 0 fully saturated rings. The van der Waals surface area contributed by atoms with Crippen molar-refractivity contribution < 1.29 is 9.21 Å². The summed E-state index contributed by atoms with van der Waals surface area (Å²) in [6, 6.07) is 9.60. The van der Waals surface area contributed by atoms with Crippen LogP contribution in [0, 0.1) is 0 Å². The van der Waals surface area contributed by atoms with Gasteiger partial charge in [-0.15, -0.1) is 0 Å². The van der Waals surface area contributed by atoms with Gasteiger partial charge in [0, 0.05) is 11.1 Å². The quantitative estimate of drug-likeness (QED) is 0.750. The highest BCUT2D eigenvalue weighted by molar-refractivity contribution is 6.39. The number of carbonyl (C=O) groups is 1. The van der Waals surface area contributed by atoms with E-state index in [0.29, 0.717) is 31.9 Å². The zero-order valence-corrected chi connectivity index (χ0v) is 13.7. The number of rotatable bonds is 3. The van der Waals surface area contributed by atoms with Crippen LogP contribution in [-0.4, -0.2) is 10.5 Å². The molecule has 0 aliphatic heterocycles. The van der Waals surface area contributed by atoms with Crippen LogP contribution < -0.4 is 11.1 Å². The van der Waals surface area contributed by atoms with E-state index >= 15 is 0 Å². The SMILES string of the molecule is O=C(Cn1c(=O)oc2cc(Cl)ccc21)Nc1c(Cl)cccc1Cl. The minimum atomic E-state index is -0.650. The van der Waals surface area contributed by atoms with E-state index in [4.69, 9.17) is 39.2 Å². The molecule has 0 unspecified atom stereocenters. The van der Waals surface area contributed by atoms with Gasteiger partial charge in [0.25, 0.3) is 0 Å². The number of anilines is 1. The molecule has 0 atom stereocenters. The van der Waals surface area contributed by atoms with Crippen LogP contribution in [0.2, 0.25) is 15.1 Å². The molecule has 0 saturated carbocycles. The van der Waals surface area contributed by atoms with Crippen molar-refractivity contribution >= 4 is 57.5 Å². The van der Waals surface area contributed by atoms with E-state index in [2.05, 4.69) is 5.32 Å². The minimum absolute atomic E-state index is 0.241. The van der Waals surface area contributed by atoms with E-state index in [1.165, 1.54) is 10.6 Å². The van der Waals surface area contributed by atoms with Gasteiger partial charge in [0.2, 0.25) is 5.91 Å². The highest BCUT2D eigenvalue weighted by Gasteiger charge is 2.15. The van der Waals surface area contributed by atoms with Crippen LogP contribution in [-0.2, 0) is 11.3 Å². The monoisotopic (exact) mass is 370 g/mol. The first-order chi connectivity index (χ1) is 11.0. The molecule has 118 valence electrons. The average Bonchev–Trinajstić information content (AvgIpc) is 2.78. The Morgan fingerprint density at radius 3 is 2.52 bits per heavy atom. The van der Waals surface area contributed by atoms with Crippen molar-refractivity contribution in [2.75, 3.05) is 5.32 Å². The number of benzene rings is 2. The molecule has 3 aromatic rings. The summed E-state index contributed by atoms with van der Waals surface area (Å²) in [5, 5.41) is 3.64. The second-order valence-corrected chi connectivity index (χ2v) is 5.96. The molecule has 0 spiro atoms. The Hall–Kier alpha value is -1.95. The van der Waals surface area contributed by atoms with Crippen molar-refractivity contribution in [2.45, 2.75) is 6.54 Å². The van der Waals surface area contributed by atoms with Gasteiger partial charge < -0.3 is 9.73 Å². The Bertz CT molecular complexity index is 942. The number of para-hydroxylation sites is 1. The first kappa shape index (κ1) is 15.9. The van der Waals surface area contributed by atoms with Crippen molar-refractivity contribution in [1.82, 2.24) is 4.57 Å². The highest BCUT2D eigenvalue weighted by Crippen LogP contribution is 2.29. The Labute approximate surface area is 145 Å². The van der Waals surface area contributed by atoms with Crippen LogP contribution >= 0.6 is 34.8 Å². The molecule has 0 bridgehead atoms. The summed E-state index contributed by atoms with van der Waals surface area (Å²) < 4.78 is 6.27.